The standard InChI is InChI=1S/C27H23FN2O6/c1-17-25(27(33)34-2)23(26(32)30(17)15-22-4-3-13-35-22)14-18-5-11-21(12-6-18)36-16-24(31)29-20-9-7-19(28)8-10-20/h3-14H,15-16H2,1-2H3,(H,29,31)/b23-14-. The van der Waals surface area contributed by atoms with Crippen molar-refractivity contribution in [2.45, 2.75) is 13.5 Å². The van der Waals surface area contributed by atoms with Crippen LogP contribution in [0.1, 0.15) is 18.2 Å². The van der Waals surface area contributed by atoms with Crippen LogP contribution >= 0.6 is 0 Å². The van der Waals surface area contributed by atoms with Gasteiger partial charge in [-0.3, -0.25) is 9.59 Å². The number of allylic oxidation sites excluding steroid dienone is 1. The first-order chi connectivity index (χ1) is 17.4. The summed E-state index contributed by atoms with van der Waals surface area (Å²) >= 11 is 0. The van der Waals surface area contributed by atoms with E-state index in [1.54, 1.807) is 49.4 Å². The Morgan fingerprint density at radius 1 is 1.08 bits per heavy atom. The predicted octanol–water partition coefficient (Wildman–Crippen LogP) is 4.31. The van der Waals surface area contributed by atoms with Gasteiger partial charge in [0, 0.05) is 11.4 Å². The SMILES string of the molecule is COC(=O)C1=C(C)N(Cc2ccco2)C(=O)/C1=C\c1ccc(OCC(=O)Nc2ccc(F)cc2)cc1. The minimum absolute atomic E-state index is 0.183. The van der Waals surface area contributed by atoms with E-state index in [2.05, 4.69) is 5.32 Å². The second-order valence-electron chi connectivity index (χ2n) is 7.89. The molecular formula is C27H23FN2O6. The van der Waals surface area contributed by atoms with Crippen LogP contribution in [0, 0.1) is 5.82 Å². The highest BCUT2D eigenvalue weighted by Gasteiger charge is 2.37. The molecule has 8 nitrogen and oxygen atoms in total. The number of nitrogens with one attached hydrogen (secondary N) is 1. The van der Waals surface area contributed by atoms with Crippen LogP contribution in [0.5, 0.6) is 5.75 Å². The molecule has 0 atom stereocenters. The Balaban J connectivity index is 1.45. The highest BCUT2D eigenvalue weighted by atomic mass is 19.1. The predicted molar refractivity (Wildman–Crippen MR) is 129 cm³/mol. The summed E-state index contributed by atoms with van der Waals surface area (Å²) in [4.78, 5) is 39.2. The highest BCUT2D eigenvalue weighted by molar-refractivity contribution is 6.16. The Hall–Kier alpha value is -4.66. The number of methoxy groups -OCH3 is 1. The van der Waals surface area contributed by atoms with Crippen molar-refractivity contribution < 1.29 is 32.7 Å². The highest BCUT2D eigenvalue weighted by Crippen LogP contribution is 2.33. The summed E-state index contributed by atoms with van der Waals surface area (Å²) in [5, 5.41) is 2.61. The van der Waals surface area contributed by atoms with Gasteiger partial charge in [0.25, 0.3) is 11.8 Å². The normalized spacial score (nSPS) is 14.4. The molecule has 3 aromatic rings. The molecule has 1 aliphatic rings. The number of furan rings is 1. The maximum atomic E-state index is 13.2. The molecule has 0 radical (unpaired) electrons. The Morgan fingerprint density at radius 3 is 2.44 bits per heavy atom. The van der Waals surface area contributed by atoms with Crippen molar-refractivity contribution in [1.82, 2.24) is 4.90 Å². The van der Waals surface area contributed by atoms with Crippen LogP contribution in [0.2, 0.25) is 0 Å². The van der Waals surface area contributed by atoms with Gasteiger partial charge in [-0.2, -0.15) is 0 Å². The van der Waals surface area contributed by atoms with Crippen molar-refractivity contribution >= 4 is 29.5 Å². The molecule has 0 spiro atoms. The molecule has 36 heavy (non-hydrogen) atoms. The number of esters is 1. The van der Waals surface area contributed by atoms with Crippen LogP contribution in [0.3, 0.4) is 0 Å². The van der Waals surface area contributed by atoms with E-state index in [0.717, 1.165) is 0 Å². The Bertz CT molecular complexity index is 1330. The van der Waals surface area contributed by atoms with Gasteiger partial charge in [-0.15, -0.1) is 0 Å². The third-order valence-corrected chi connectivity index (χ3v) is 5.48. The van der Waals surface area contributed by atoms with Gasteiger partial charge in [0.1, 0.15) is 17.3 Å². The largest absolute Gasteiger partial charge is 0.484 e. The van der Waals surface area contributed by atoms with Gasteiger partial charge >= 0.3 is 5.97 Å². The lowest BCUT2D eigenvalue weighted by Crippen LogP contribution is -2.24. The van der Waals surface area contributed by atoms with Crippen LogP contribution in [0.4, 0.5) is 10.1 Å². The summed E-state index contributed by atoms with van der Waals surface area (Å²) in [5.74, 6) is -0.734. The second-order valence-corrected chi connectivity index (χ2v) is 7.89. The second kappa shape index (κ2) is 10.7. The molecule has 0 unspecified atom stereocenters. The van der Waals surface area contributed by atoms with Crippen molar-refractivity contribution in [2.24, 2.45) is 0 Å². The monoisotopic (exact) mass is 490 g/mol. The van der Waals surface area contributed by atoms with E-state index >= 15 is 0 Å². The minimum Gasteiger partial charge on any atom is -0.484 e. The summed E-state index contributed by atoms with van der Waals surface area (Å²) in [6, 6.07) is 15.6. The lowest BCUT2D eigenvalue weighted by molar-refractivity contribution is -0.136. The van der Waals surface area contributed by atoms with Gasteiger partial charge in [0.05, 0.1) is 31.1 Å². The number of carbonyl (C=O) groups excluding carboxylic acids is 3. The van der Waals surface area contributed by atoms with Crippen LogP contribution in [0.15, 0.2) is 88.2 Å². The average molecular weight is 490 g/mol. The summed E-state index contributed by atoms with van der Waals surface area (Å²) in [6.07, 6.45) is 3.12. The summed E-state index contributed by atoms with van der Waals surface area (Å²) in [5.41, 5.74) is 1.97. The van der Waals surface area contributed by atoms with Gasteiger partial charge in [-0.05, 0) is 67.1 Å². The zero-order chi connectivity index (χ0) is 25.7. The van der Waals surface area contributed by atoms with E-state index in [0.29, 0.717) is 28.5 Å². The summed E-state index contributed by atoms with van der Waals surface area (Å²) in [7, 11) is 1.26. The molecule has 0 aliphatic carbocycles. The van der Waals surface area contributed by atoms with Gasteiger partial charge in [0.15, 0.2) is 6.61 Å². The van der Waals surface area contributed by atoms with E-state index < -0.39 is 17.7 Å². The first-order valence-corrected chi connectivity index (χ1v) is 11.0. The van der Waals surface area contributed by atoms with Crippen LogP contribution in [-0.4, -0.2) is 36.4 Å². The van der Waals surface area contributed by atoms with E-state index in [1.165, 1.54) is 42.5 Å². The maximum absolute atomic E-state index is 13.2. The Kier molecular flexibility index (Phi) is 7.29. The molecule has 2 amide bonds. The molecule has 4 rings (SSSR count). The number of hydrogen-bond donors (Lipinski definition) is 1. The summed E-state index contributed by atoms with van der Waals surface area (Å²) in [6.45, 7) is 1.62. The van der Waals surface area contributed by atoms with E-state index in [9.17, 15) is 18.8 Å². The third-order valence-electron chi connectivity index (χ3n) is 5.48. The molecule has 0 saturated heterocycles. The van der Waals surface area contributed by atoms with E-state index in [1.807, 2.05) is 0 Å². The Morgan fingerprint density at radius 2 is 1.81 bits per heavy atom. The maximum Gasteiger partial charge on any atom is 0.340 e. The molecular weight excluding hydrogens is 467 g/mol. The van der Waals surface area contributed by atoms with Crippen molar-refractivity contribution in [3.05, 3.63) is 101 Å². The number of nitrogens with zero attached hydrogens (tertiary/aromatic N) is 1. The number of amides is 2. The topological polar surface area (TPSA) is 98.1 Å². The molecule has 2 heterocycles. The molecule has 0 saturated carbocycles. The molecule has 1 aromatic heterocycles. The fourth-order valence-electron chi connectivity index (χ4n) is 3.68. The van der Waals surface area contributed by atoms with Crippen molar-refractivity contribution in [1.29, 1.82) is 0 Å². The van der Waals surface area contributed by atoms with Crippen molar-refractivity contribution in [3.8, 4) is 5.75 Å². The van der Waals surface area contributed by atoms with Crippen molar-refractivity contribution in [2.75, 3.05) is 19.0 Å². The number of rotatable bonds is 8. The van der Waals surface area contributed by atoms with Crippen LogP contribution in [0.25, 0.3) is 6.08 Å². The molecule has 1 aliphatic heterocycles. The summed E-state index contributed by atoms with van der Waals surface area (Å²) < 4.78 is 28.7. The quantitative estimate of drug-likeness (QED) is 0.373. The lowest BCUT2D eigenvalue weighted by Gasteiger charge is -2.16. The Labute approximate surface area is 206 Å². The van der Waals surface area contributed by atoms with Crippen molar-refractivity contribution in [3.63, 3.8) is 0 Å². The molecule has 1 N–H and O–H groups in total. The van der Waals surface area contributed by atoms with Gasteiger partial charge in [0.2, 0.25) is 0 Å². The number of ether oxygens (including phenoxy) is 2. The number of halogens is 1. The number of anilines is 1. The first kappa shape index (κ1) is 24.5. The zero-order valence-electron chi connectivity index (χ0n) is 19.6. The zero-order valence-corrected chi connectivity index (χ0v) is 19.6. The van der Waals surface area contributed by atoms with Gasteiger partial charge in [-0.1, -0.05) is 12.1 Å². The minimum atomic E-state index is -0.610. The number of benzene rings is 2. The van der Waals surface area contributed by atoms with E-state index in [-0.39, 0.29) is 30.2 Å². The van der Waals surface area contributed by atoms with Crippen LogP contribution in [-0.2, 0) is 25.7 Å². The van der Waals surface area contributed by atoms with Crippen LogP contribution < -0.4 is 10.1 Å². The lowest BCUT2D eigenvalue weighted by atomic mass is 10.0. The van der Waals surface area contributed by atoms with Gasteiger partial charge < -0.3 is 24.1 Å². The average Bonchev–Trinajstić information content (AvgIpc) is 3.47. The molecule has 2 aromatic carbocycles. The first-order valence-electron chi connectivity index (χ1n) is 11.0. The molecule has 184 valence electrons. The molecule has 0 bridgehead atoms. The number of hydrogen-bond acceptors (Lipinski definition) is 6. The molecule has 0 fully saturated rings. The fourth-order valence-corrected chi connectivity index (χ4v) is 3.68. The smallest absolute Gasteiger partial charge is 0.340 e. The fraction of sp³-hybridized carbons (Fsp3) is 0.148. The van der Waals surface area contributed by atoms with E-state index in [4.69, 9.17) is 13.9 Å². The number of carbonyl (C=O) groups is 3. The molecule has 9 heteroatoms. The van der Waals surface area contributed by atoms with Gasteiger partial charge in [-0.25, -0.2) is 9.18 Å². The third kappa shape index (κ3) is 5.52.